The van der Waals surface area contributed by atoms with Crippen molar-refractivity contribution in [1.29, 1.82) is 0 Å². The van der Waals surface area contributed by atoms with Gasteiger partial charge in [-0.2, -0.15) is 4.31 Å². The van der Waals surface area contributed by atoms with E-state index in [1.54, 1.807) is 18.2 Å². The molecule has 6 heteroatoms. The van der Waals surface area contributed by atoms with Crippen molar-refractivity contribution in [3.63, 3.8) is 0 Å². The minimum atomic E-state index is -3.64. The zero-order valence-electron chi connectivity index (χ0n) is 15.2. The Hall–Kier alpha value is -1.11. The van der Waals surface area contributed by atoms with Gasteiger partial charge in [-0.05, 0) is 50.3 Å². The second-order valence-corrected chi connectivity index (χ2v) is 9.36. The molecule has 0 bridgehead atoms. The Morgan fingerprint density at radius 2 is 2.08 bits per heavy atom. The lowest BCUT2D eigenvalue weighted by atomic mass is 9.78. The molecule has 1 aliphatic heterocycles. The summed E-state index contributed by atoms with van der Waals surface area (Å²) >= 11 is 0. The van der Waals surface area contributed by atoms with E-state index in [2.05, 4.69) is 13.8 Å². The first-order valence-electron chi connectivity index (χ1n) is 8.45. The molecule has 1 heterocycles. The van der Waals surface area contributed by atoms with Crippen molar-refractivity contribution in [1.82, 2.24) is 4.31 Å². The average Bonchev–Trinajstić information content (AvgIpc) is 2.48. The van der Waals surface area contributed by atoms with E-state index in [0.29, 0.717) is 31.2 Å². The smallest absolute Gasteiger partial charge is 0.246 e. The standard InChI is InChI=1S/C18H29NO4S/c1-13(2)10-15-12-19(9-8-18(15,4)20)24(21,22)17-7-6-14(3)11-16(17)23-5/h6-7,11,13,15,20H,8-10,12H2,1-5H3/t15?,18-/m1/s1. The van der Waals surface area contributed by atoms with Gasteiger partial charge >= 0.3 is 0 Å². The van der Waals surface area contributed by atoms with E-state index in [1.165, 1.54) is 11.4 Å². The zero-order valence-corrected chi connectivity index (χ0v) is 16.1. The van der Waals surface area contributed by atoms with Gasteiger partial charge in [0, 0.05) is 19.0 Å². The van der Waals surface area contributed by atoms with Crippen molar-refractivity contribution >= 4 is 10.0 Å². The molecule has 0 radical (unpaired) electrons. The Labute approximate surface area is 145 Å². The van der Waals surface area contributed by atoms with Gasteiger partial charge < -0.3 is 9.84 Å². The topological polar surface area (TPSA) is 66.8 Å². The maximum absolute atomic E-state index is 13.1. The largest absolute Gasteiger partial charge is 0.495 e. The Kier molecular flexibility index (Phi) is 5.62. The quantitative estimate of drug-likeness (QED) is 0.882. The van der Waals surface area contributed by atoms with Crippen LogP contribution in [0.1, 0.15) is 39.2 Å². The number of nitrogens with zero attached hydrogens (tertiary/aromatic N) is 1. The highest BCUT2D eigenvalue weighted by molar-refractivity contribution is 7.89. The van der Waals surface area contributed by atoms with Gasteiger partial charge in [0.15, 0.2) is 0 Å². The molecule has 1 aromatic carbocycles. The lowest BCUT2D eigenvalue weighted by molar-refractivity contribution is -0.0482. The maximum atomic E-state index is 13.1. The fourth-order valence-corrected chi connectivity index (χ4v) is 4.95. The van der Waals surface area contributed by atoms with Crippen LogP contribution in [0.5, 0.6) is 5.75 Å². The van der Waals surface area contributed by atoms with E-state index in [4.69, 9.17) is 4.74 Å². The number of hydrogen-bond donors (Lipinski definition) is 1. The molecular formula is C18H29NO4S. The maximum Gasteiger partial charge on any atom is 0.246 e. The summed E-state index contributed by atoms with van der Waals surface area (Å²) in [6.45, 7) is 8.55. The van der Waals surface area contributed by atoms with Crippen LogP contribution in [0.3, 0.4) is 0 Å². The summed E-state index contributed by atoms with van der Waals surface area (Å²) in [5, 5.41) is 10.6. The lowest BCUT2D eigenvalue weighted by Crippen LogP contribution is -2.52. The number of methoxy groups -OCH3 is 1. The predicted molar refractivity (Wildman–Crippen MR) is 94.7 cm³/mol. The molecule has 0 amide bonds. The molecule has 5 nitrogen and oxygen atoms in total. The second kappa shape index (κ2) is 7.02. The molecule has 1 aromatic rings. The van der Waals surface area contributed by atoms with Crippen molar-refractivity contribution in [3.8, 4) is 5.75 Å². The fourth-order valence-electron chi connectivity index (χ4n) is 3.33. The van der Waals surface area contributed by atoms with Gasteiger partial charge in [-0.25, -0.2) is 8.42 Å². The Morgan fingerprint density at radius 3 is 2.67 bits per heavy atom. The summed E-state index contributed by atoms with van der Waals surface area (Å²) in [7, 11) is -2.16. The summed E-state index contributed by atoms with van der Waals surface area (Å²) < 4.78 is 32.9. The number of hydrogen-bond acceptors (Lipinski definition) is 4. The minimum Gasteiger partial charge on any atom is -0.495 e. The van der Waals surface area contributed by atoms with Crippen LogP contribution < -0.4 is 4.74 Å². The van der Waals surface area contributed by atoms with E-state index >= 15 is 0 Å². The van der Waals surface area contributed by atoms with Crippen LogP contribution in [0, 0.1) is 18.8 Å². The Morgan fingerprint density at radius 1 is 1.42 bits per heavy atom. The van der Waals surface area contributed by atoms with Crippen molar-refractivity contribution < 1.29 is 18.3 Å². The number of aryl methyl sites for hydroxylation is 1. The monoisotopic (exact) mass is 355 g/mol. The molecule has 0 aliphatic carbocycles. The van der Waals surface area contributed by atoms with Crippen molar-refractivity contribution in [2.45, 2.75) is 51.0 Å². The van der Waals surface area contributed by atoms with E-state index < -0.39 is 15.6 Å². The molecular weight excluding hydrogens is 326 g/mol. The van der Waals surface area contributed by atoms with Crippen LogP contribution in [0.15, 0.2) is 23.1 Å². The van der Waals surface area contributed by atoms with Gasteiger partial charge in [0.05, 0.1) is 12.7 Å². The van der Waals surface area contributed by atoms with E-state index in [-0.39, 0.29) is 10.8 Å². The molecule has 1 aliphatic rings. The number of ether oxygens (including phenoxy) is 1. The third kappa shape index (κ3) is 3.92. The highest BCUT2D eigenvalue weighted by atomic mass is 32.2. The molecule has 0 aromatic heterocycles. The lowest BCUT2D eigenvalue weighted by Gasteiger charge is -2.42. The van der Waals surface area contributed by atoms with Crippen molar-refractivity contribution in [2.24, 2.45) is 11.8 Å². The van der Waals surface area contributed by atoms with Gasteiger partial charge in [-0.1, -0.05) is 19.9 Å². The van der Waals surface area contributed by atoms with E-state index in [1.807, 2.05) is 13.8 Å². The number of rotatable bonds is 5. The van der Waals surface area contributed by atoms with Gasteiger partial charge in [0.1, 0.15) is 10.6 Å². The van der Waals surface area contributed by atoms with Gasteiger partial charge in [-0.3, -0.25) is 0 Å². The molecule has 1 unspecified atom stereocenters. The molecule has 1 N–H and O–H groups in total. The molecule has 24 heavy (non-hydrogen) atoms. The average molecular weight is 356 g/mol. The summed E-state index contributed by atoms with van der Waals surface area (Å²) in [5.41, 5.74) is 0.123. The van der Waals surface area contributed by atoms with Crippen LogP contribution in [0.4, 0.5) is 0 Å². The molecule has 0 spiro atoms. The summed E-state index contributed by atoms with van der Waals surface area (Å²) in [5.74, 6) is 0.697. The minimum absolute atomic E-state index is 0.0718. The van der Waals surface area contributed by atoms with Crippen LogP contribution in [-0.2, 0) is 10.0 Å². The summed E-state index contributed by atoms with van der Waals surface area (Å²) in [6, 6.07) is 5.12. The molecule has 136 valence electrons. The van der Waals surface area contributed by atoms with E-state index in [0.717, 1.165) is 12.0 Å². The first kappa shape index (κ1) is 19.2. The van der Waals surface area contributed by atoms with Crippen LogP contribution in [-0.4, -0.2) is 43.6 Å². The third-order valence-corrected chi connectivity index (χ3v) is 6.77. The predicted octanol–water partition coefficient (Wildman–Crippen LogP) is 2.81. The highest BCUT2D eigenvalue weighted by Crippen LogP contribution is 2.36. The molecule has 2 atom stereocenters. The second-order valence-electron chi connectivity index (χ2n) is 7.45. The highest BCUT2D eigenvalue weighted by Gasteiger charge is 2.42. The molecule has 1 fully saturated rings. The zero-order chi connectivity index (χ0) is 18.1. The first-order chi connectivity index (χ1) is 11.1. The van der Waals surface area contributed by atoms with Crippen LogP contribution >= 0.6 is 0 Å². The SMILES string of the molecule is COc1cc(C)ccc1S(=O)(=O)N1CC[C@@](C)(O)C(CC(C)C)C1. The number of piperidine rings is 1. The van der Waals surface area contributed by atoms with Crippen LogP contribution in [0.2, 0.25) is 0 Å². The summed E-state index contributed by atoms with van der Waals surface area (Å²) in [6.07, 6.45) is 1.24. The van der Waals surface area contributed by atoms with Crippen molar-refractivity contribution in [3.05, 3.63) is 23.8 Å². The van der Waals surface area contributed by atoms with Gasteiger partial charge in [0.25, 0.3) is 0 Å². The molecule has 1 saturated heterocycles. The van der Waals surface area contributed by atoms with Gasteiger partial charge in [0.2, 0.25) is 10.0 Å². The molecule has 2 rings (SSSR count). The van der Waals surface area contributed by atoms with E-state index in [9.17, 15) is 13.5 Å². The fraction of sp³-hybridized carbons (Fsp3) is 0.667. The normalized spacial score (nSPS) is 25.9. The number of aliphatic hydroxyl groups is 1. The molecule has 0 saturated carbocycles. The number of sulfonamides is 1. The Balaban J connectivity index is 2.33. The van der Waals surface area contributed by atoms with Crippen LogP contribution in [0.25, 0.3) is 0 Å². The van der Waals surface area contributed by atoms with Crippen molar-refractivity contribution in [2.75, 3.05) is 20.2 Å². The number of benzene rings is 1. The third-order valence-electron chi connectivity index (χ3n) is 4.86. The Bertz CT molecular complexity index is 682. The van der Waals surface area contributed by atoms with Gasteiger partial charge in [-0.15, -0.1) is 0 Å². The first-order valence-corrected chi connectivity index (χ1v) is 9.89. The summed E-state index contributed by atoms with van der Waals surface area (Å²) in [4.78, 5) is 0.195.